The molecule has 1 aliphatic heterocycles. The van der Waals surface area contributed by atoms with Crippen LogP contribution in [0.3, 0.4) is 0 Å². The molecule has 0 saturated carbocycles. The Labute approximate surface area is 123 Å². The zero-order chi connectivity index (χ0) is 14.6. The van der Waals surface area contributed by atoms with E-state index in [1.165, 1.54) is 7.11 Å². The van der Waals surface area contributed by atoms with Gasteiger partial charge in [0, 0.05) is 22.3 Å². The molecule has 1 aromatic heterocycles. The van der Waals surface area contributed by atoms with Gasteiger partial charge in [0.1, 0.15) is 0 Å². The summed E-state index contributed by atoms with van der Waals surface area (Å²) in [5.74, 6) is 0.297. The Balaban J connectivity index is 1.83. The van der Waals surface area contributed by atoms with Gasteiger partial charge in [0.25, 0.3) is 0 Å². The molecule has 1 saturated heterocycles. The molecule has 0 aliphatic carbocycles. The molecule has 2 heterocycles. The van der Waals surface area contributed by atoms with E-state index in [-0.39, 0.29) is 17.8 Å². The molecule has 1 aliphatic rings. The summed E-state index contributed by atoms with van der Waals surface area (Å²) in [6.07, 6.45) is 1.93. The lowest BCUT2D eigenvalue weighted by Crippen LogP contribution is -2.39. The highest BCUT2D eigenvalue weighted by Gasteiger charge is 2.24. The summed E-state index contributed by atoms with van der Waals surface area (Å²) >= 11 is 1.55. The van der Waals surface area contributed by atoms with Crippen LogP contribution in [0.5, 0.6) is 0 Å². The van der Waals surface area contributed by atoms with Gasteiger partial charge < -0.3 is 10.1 Å². The Bertz CT molecular complexity index is 565. The van der Waals surface area contributed by atoms with Crippen LogP contribution in [0.25, 0.3) is 0 Å². The first-order valence-corrected chi connectivity index (χ1v) is 9.20. The molecular weight excluding hydrogens is 298 g/mol. The molecule has 5 nitrogen and oxygen atoms in total. The van der Waals surface area contributed by atoms with Crippen LogP contribution in [-0.2, 0) is 32.3 Å². The number of ether oxygens (including phenoxy) is 1. The Morgan fingerprint density at radius 1 is 1.45 bits per heavy atom. The molecule has 0 radical (unpaired) electrons. The van der Waals surface area contributed by atoms with Crippen molar-refractivity contribution < 1.29 is 17.9 Å². The predicted molar refractivity (Wildman–Crippen MR) is 78.6 cm³/mol. The second kappa shape index (κ2) is 6.69. The standard InChI is InChI=1S/C13H19NO4S2/c1-18-13(15)7-11-4-5-12(19-11)8-14-10-3-2-6-20(16,17)9-10/h4-5,10,14H,2-3,6-9H2,1H3. The molecule has 0 spiro atoms. The molecular formula is C13H19NO4S2. The van der Waals surface area contributed by atoms with E-state index in [0.29, 0.717) is 18.7 Å². The van der Waals surface area contributed by atoms with E-state index in [2.05, 4.69) is 10.1 Å². The smallest absolute Gasteiger partial charge is 0.310 e. The number of thiophene rings is 1. The third-order valence-corrected chi connectivity index (χ3v) is 6.20. The lowest BCUT2D eigenvalue weighted by Gasteiger charge is -2.22. The first kappa shape index (κ1) is 15.5. The number of esters is 1. The molecule has 2 rings (SSSR count). The summed E-state index contributed by atoms with van der Waals surface area (Å²) in [6.45, 7) is 0.645. The highest BCUT2D eigenvalue weighted by atomic mass is 32.2. The van der Waals surface area contributed by atoms with E-state index in [1.807, 2.05) is 12.1 Å². The van der Waals surface area contributed by atoms with E-state index in [4.69, 9.17) is 0 Å². The van der Waals surface area contributed by atoms with Gasteiger partial charge in [-0.1, -0.05) is 0 Å². The van der Waals surface area contributed by atoms with E-state index in [1.54, 1.807) is 11.3 Å². The van der Waals surface area contributed by atoms with Crippen LogP contribution in [0.15, 0.2) is 12.1 Å². The second-order valence-electron chi connectivity index (χ2n) is 4.96. The summed E-state index contributed by atoms with van der Waals surface area (Å²) in [7, 11) is -1.49. The molecule has 1 N–H and O–H groups in total. The average Bonchev–Trinajstić information content (AvgIpc) is 2.83. The fourth-order valence-electron chi connectivity index (χ4n) is 2.26. The molecule has 1 unspecified atom stereocenters. The number of methoxy groups -OCH3 is 1. The molecule has 112 valence electrons. The van der Waals surface area contributed by atoms with Crippen molar-refractivity contribution in [2.45, 2.75) is 31.8 Å². The summed E-state index contributed by atoms with van der Waals surface area (Å²) in [5, 5.41) is 3.29. The first-order valence-electron chi connectivity index (χ1n) is 6.57. The van der Waals surface area contributed by atoms with Crippen LogP contribution in [-0.4, -0.2) is 39.0 Å². The van der Waals surface area contributed by atoms with Crippen molar-refractivity contribution in [2.24, 2.45) is 0 Å². The van der Waals surface area contributed by atoms with Crippen LogP contribution < -0.4 is 5.32 Å². The maximum absolute atomic E-state index is 11.5. The van der Waals surface area contributed by atoms with Gasteiger partial charge in [-0.2, -0.15) is 0 Å². The maximum Gasteiger partial charge on any atom is 0.310 e. The van der Waals surface area contributed by atoms with Crippen molar-refractivity contribution in [3.05, 3.63) is 21.9 Å². The van der Waals surface area contributed by atoms with Crippen LogP contribution in [0.2, 0.25) is 0 Å². The van der Waals surface area contributed by atoms with Crippen molar-refractivity contribution in [2.75, 3.05) is 18.6 Å². The normalized spacial score (nSPS) is 21.6. The third-order valence-electron chi connectivity index (χ3n) is 3.29. The topological polar surface area (TPSA) is 72.5 Å². The monoisotopic (exact) mass is 317 g/mol. The minimum atomic E-state index is -2.87. The molecule has 0 bridgehead atoms. The van der Waals surface area contributed by atoms with Gasteiger partial charge in [-0.3, -0.25) is 4.79 Å². The van der Waals surface area contributed by atoms with Crippen molar-refractivity contribution in [1.82, 2.24) is 5.32 Å². The molecule has 7 heteroatoms. The van der Waals surface area contributed by atoms with Gasteiger partial charge in [-0.05, 0) is 25.0 Å². The van der Waals surface area contributed by atoms with Crippen molar-refractivity contribution in [3.63, 3.8) is 0 Å². The molecule has 1 fully saturated rings. The van der Waals surface area contributed by atoms with Gasteiger partial charge >= 0.3 is 5.97 Å². The second-order valence-corrected chi connectivity index (χ2v) is 8.44. The van der Waals surface area contributed by atoms with Crippen LogP contribution in [0.4, 0.5) is 0 Å². The third kappa shape index (κ3) is 4.57. The molecule has 0 aromatic carbocycles. The van der Waals surface area contributed by atoms with Crippen molar-refractivity contribution in [1.29, 1.82) is 0 Å². The fraction of sp³-hybridized carbons (Fsp3) is 0.615. The maximum atomic E-state index is 11.5. The highest BCUT2D eigenvalue weighted by Crippen LogP contribution is 2.18. The number of carbonyl (C=O) groups is 1. The number of sulfone groups is 1. The number of carbonyl (C=O) groups excluding carboxylic acids is 1. The Morgan fingerprint density at radius 2 is 2.20 bits per heavy atom. The minimum absolute atomic E-state index is 0.0416. The van der Waals surface area contributed by atoms with E-state index in [0.717, 1.165) is 22.6 Å². The zero-order valence-electron chi connectivity index (χ0n) is 11.4. The summed E-state index contributed by atoms with van der Waals surface area (Å²) in [6, 6.07) is 3.92. The molecule has 1 aromatic rings. The van der Waals surface area contributed by atoms with Gasteiger partial charge in [0.2, 0.25) is 0 Å². The Morgan fingerprint density at radius 3 is 2.90 bits per heavy atom. The number of hydrogen-bond donors (Lipinski definition) is 1. The van der Waals surface area contributed by atoms with Crippen LogP contribution in [0.1, 0.15) is 22.6 Å². The van der Waals surface area contributed by atoms with E-state index >= 15 is 0 Å². The number of hydrogen-bond acceptors (Lipinski definition) is 6. The van der Waals surface area contributed by atoms with Crippen LogP contribution >= 0.6 is 11.3 Å². The lowest BCUT2D eigenvalue weighted by molar-refractivity contribution is -0.139. The lowest BCUT2D eigenvalue weighted by atomic mass is 10.2. The van der Waals surface area contributed by atoms with Crippen molar-refractivity contribution in [3.8, 4) is 0 Å². The molecule has 0 amide bonds. The summed E-state index contributed by atoms with van der Waals surface area (Å²) in [5.41, 5.74) is 0. The van der Waals surface area contributed by atoms with Gasteiger partial charge in [0.15, 0.2) is 9.84 Å². The summed E-state index contributed by atoms with van der Waals surface area (Å²) < 4.78 is 27.7. The van der Waals surface area contributed by atoms with E-state index in [9.17, 15) is 13.2 Å². The molecule has 20 heavy (non-hydrogen) atoms. The largest absolute Gasteiger partial charge is 0.469 e. The average molecular weight is 317 g/mol. The SMILES string of the molecule is COC(=O)Cc1ccc(CNC2CCCS(=O)(=O)C2)s1. The van der Waals surface area contributed by atoms with Gasteiger partial charge in [0.05, 0.1) is 25.0 Å². The van der Waals surface area contributed by atoms with Gasteiger partial charge in [-0.15, -0.1) is 11.3 Å². The first-order chi connectivity index (χ1) is 9.48. The number of rotatable bonds is 5. The minimum Gasteiger partial charge on any atom is -0.469 e. The predicted octanol–water partition coefficient (Wildman–Crippen LogP) is 1.13. The summed E-state index contributed by atoms with van der Waals surface area (Å²) in [4.78, 5) is 13.2. The van der Waals surface area contributed by atoms with E-state index < -0.39 is 9.84 Å². The van der Waals surface area contributed by atoms with Crippen molar-refractivity contribution >= 4 is 27.1 Å². The number of nitrogens with one attached hydrogen (secondary N) is 1. The van der Waals surface area contributed by atoms with Crippen LogP contribution in [0, 0.1) is 0 Å². The quantitative estimate of drug-likeness (QED) is 0.824. The zero-order valence-corrected chi connectivity index (χ0v) is 13.1. The molecule has 1 atom stereocenters. The fourth-order valence-corrected chi connectivity index (χ4v) is 4.88. The Kier molecular flexibility index (Phi) is 5.17. The highest BCUT2D eigenvalue weighted by molar-refractivity contribution is 7.91. The van der Waals surface area contributed by atoms with Gasteiger partial charge in [-0.25, -0.2) is 8.42 Å². The Hall–Kier alpha value is -0.920.